The van der Waals surface area contributed by atoms with Crippen molar-refractivity contribution in [3.05, 3.63) is 76.0 Å². The third kappa shape index (κ3) is 3.96. The van der Waals surface area contributed by atoms with E-state index in [0.29, 0.717) is 6.54 Å². The van der Waals surface area contributed by atoms with Crippen molar-refractivity contribution in [2.45, 2.75) is 32.7 Å². The molecule has 166 valence electrons. The van der Waals surface area contributed by atoms with Crippen molar-refractivity contribution in [2.24, 2.45) is 0 Å². The van der Waals surface area contributed by atoms with Crippen LogP contribution >= 0.6 is 11.6 Å². The lowest BCUT2D eigenvalue weighted by Crippen LogP contribution is -2.37. The lowest BCUT2D eigenvalue weighted by Gasteiger charge is -2.26. The van der Waals surface area contributed by atoms with Crippen molar-refractivity contribution in [3.63, 3.8) is 0 Å². The molecule has 7 heteroatoms. The first-order valence-corrected chi connectivity index (χ1v) is 11.5. The van der Waals surface area contributed by atoms with Crippen molar-refractivity contribution >= 4 is 34.5 Å². The Hall–Kier alpha value is -2.96. The SMILES string of the molecule is CC(=O)N1CC=C(c2ccc3c(c2)C(Nc2ccc(Cl)cc2)CCN2NNC(C)=C32)CC1. The van der Waals surface area contributed by atoms with Crippen LogP contribution in [0.1, 0.15) is 49.4 Å². The first-order chi connectivity index (χ1) is 15.5. The zero-order chi connectivity index (χ0) is 22.2. The Morgan fingerprint density at radius 3 is 2.69 bits per heavy atom. The average molecular weight is 450 g/mol. The zero-order valence-corrected chi connectivity index (χ0v) is 19.2. The maximum absolute atomic E-state index is 11.7. The molecule has 3 heterocycles. The first-order valence-electron chi connectivity index (χ1n) is 11.1. The fraction of sp³-hybridized carbons (Fsp3) is 0.320. The van der Waals surface area contributed by atoms with Gasteiger partial charge in [-0.15, -0.1) is 5.53 Å². The number of benzene rings is 2. The zero-order valence-electron chi connectivity index (χ0n) is 18.4. The summed E-state index contributed by atoms with van der Waals surface area (Å²) in [6.45, 7) is 6.08. The van der Waals surface area contributed by atoms with Gasteiger partial charge in [0.15, 0.2) is 0 Å². The van der Waals surface area contributed by atoms with Crippen molar-refractivity contribution in [1.29, 1.82) is 0 Å². The number of anilines is 1. The third-order valence-electron chi connectivity index (χ3n) is 6.54. The normalized spacial score (nSPS) is 20.2. The van der Waals surface area contributed by atoms with E-state index < -0.39 is 0 Å². The number of amides is 1. The summed E-state index contributed by atoms with van der Waals surface area (Å²) in [6.07, 6.45) is 4.02. The Kier molecular flexibility index (Phi) is 5.57. The fourth-order valence-electron chi connectivity index (χ4n) is 4.78. The van der Waals surface area contributed by atoms with Gasteiger partial charge in [0.05, 0.1) is 17.4 Å². The van der Waals surface area contributed by atoms with Gasteiger partial charge in [0, 0.05) is 42.8 Å². The second-order valence-electron chi connectivity index (χ2n) is 8.60. The molecule has 0 aliphatic carbocycles. The minimum Gasteiger partial charge on any atom is -0.378 e. The summed E-state index contributed by atoms with van der Waals surface area (Å²) in [4.78, 5) is 13.6. The minimum atomic E-state index is 0.137. The van der Waals surface area contributed by atoms with Gasteiger partial charge in [-0.05, 0) is 66.8 Å². The summed E-state index contributed by atoms with van der Waals surface area (Å²) in [7, 11) is 0. The van der Waals surface area contributed by atoms with Gasteiger partial charge in [0.2, 0.25) is 5.91 Å². The highest BCUT2D eigenvalue weighted by atomic mass is 35.5. The van der Waals surface area contributed by atoms with Crippen LogP contribution in [-0.2, 0) is 4.79 Å². The number of hydrogen-bond acceptors (Lipinski definition) is 5. The van der Waals surface area contributed by atoms with E-state index in [4.69, 9.17) is 11.6 Å². The summed E-state index contributed by atoms with van der Waals surface area (Å²) < 4.78 is 0. The number of allylic oxidation sites excluding steroid dienone is 1. The summed E-state index contributed by atoms with van der Waals surface area (Å²) in [5.41, 5.74) is 15.0. The van der Waals surface area contributed by atoms with E-state index in [-0.39, 0.29) is 11.9 Å². The van der Waals surface area contributed by atoms with Crippen LogP contribution < -0.4 is 16.3 Å². The molecule has 1 atom stereocenters. The molecule has 0 radical (unpaired) electrons. The van der Waals surface area contributed by atoms with Gasteiger partial charge >= 0.3 is 0 Å². The van der Waals surface area contributed by atoms with Crippen molar-refractivity contribution in [3.8, 4) is 0 Å². The van der Waals surface area contributed by atoms with Gasteiger partial charge in [0.25, 0.3) is 0 Å². The van der Waals surface area contributed by atoms with Crippen molar-refractivity contribution in [1.82, 2.24) is 20.9 Å². The van der Waals surface area contributed by atoms with E-state index in [1.54, 1.807) is 6.92 Å². The van der Waals surface area contributed by atoms with Crippen molar-refractivity contribution in [2.75, 3.05) is 25.0 Å². The second kappa shape index (κ2) is 8.52. The number of fused-ring (bicyclic) bond motifs is 3. The van der Waals surface area contributed by atoms with Gasteiger partial charge in [-0.25, -0.2) is 0 Å². The van der Waals surface area contributed by atoms with Crippen LogP contribution in [0.3, 0.4) is 0 Å². The van der Waals surface area contributed by atoms with Crippen LogP contribution in [0.4, 0.5) is 5.69 Å². The predicted molar refractivity (Wildman–Crippen MR) is 129 cm³/mol. The highest BCUT2D eigenvalue weighted by Gasteiger charge is 2.30. The largest absolute Gasteiger partial charge is 0.378 e. The molecule has 3 aliphatic heterocycles. The number of nitrogens with one attached hydrogen (secondary N) is 3. The topological polar surface area (TPSA) is 59.6 Å². The smallest absolute Gasteiger partial charge is 0.219 e. The van der Waals surface area contributed by atoms with E-state index >= 15 is 0 Å². The standard InChI is InChI=1S/C25H28ClN5O/c1-16-25-22-8-3-19(18-9-12-30(13-10-18)17(2)32)15-23(22)24(11-14-31(25)29-28-16)27-21-6-4-20(26)5-7-21/h3-9,15,24,27-29H,10-14H2,1-2H3. The molecule has 0 spiro atoms. The molecular weight excluding hydrogens is 422 g/mol. The maximum Gasteiger partial charge on any atom is 0.219 e. The monoisotopic (exact) mass is 449 g/mol. The van der Waals surface area contributed by atoms with E-state index in [1.165, 1.54) is 28.0 Å². The summed E-state index contributed by atoms with van der Waals surface area (Å²) in [5, 5.41) is 6.66. The molecule has 32 heavy (non-hydrogen) atoms. The Morgan fingerprint density at radius 1 is 1.16 bits per heavy atom. The third-order valence-corrected chi connectivity index (χ3v) is 6.79. The van der Waals surface area contributed by atoms with E-state index in [1.807, 2.05) is 29.2 Å². The highest BCUT2D eigenvalue weighted by Crippen LogP contribution is 2.39. The van der Waals surface area contributed by atoms with E-state index in [2.05, 4.69) is 52.5 Å². The molecule has 3 aliphatic rings. The number of hydrogen-bond donors (Lipinski definition) is 3. The number of hydrazine groups is 2. The minimum absolute atomic E-state index is 0.137. The molecule has 0 saturated carbocycles. The molecule has 3 N–H and O–H groups in total. The lowest BCUT2D eigenvalue weighted by molar-refractivity contribution is -0.128. The summed E-state index contributed by atoms with van der Waals surface area (Å²) >= 11 is 6.09. The number of halogens is 1. The van der Waals surface area contributed by atoms with E-state index in [9.17, 15) is 4.79 Å². The number of rotatable bonds is 3. The molecule has 0 aromatic heterocycles. The molecule has 2 aromatic rings. The van der Waals surface area contributed by atoms with Crippen LogP contribution in [0.2, 0.25) is 5.02 Å². The van der Waals surface area contributed by atoms with Gasteiger partial charge in [-0.3, -0.25) is 9.80 Å². The summed E-state index contributed by atoms with van der Waals surface area (Å²) in [5.74, 6) is 0.137. The number of carbonyl (C=O) groups is 1. The van der Waals surface area contributed by atoms with Crippen LogP contribution in [-0.4, -0.2) is 35.5 Å². The molecule has 1 amide bonds. The average Bonchev–Trinajstić information content (AvgIpc) is 3.09. The van der Waals surface area contributed by atoms with Crippen LogP contribution in [0, 0.1) is 0 Å². The highest BCUT2D eigenvalue weighted by molar-refractivity contribution is 6.30. The first kappa shape index (κ1) is 20.9. The Balaban J connectivity index is 1.53. The maximum atomic E-state index is 11.7. The number of nitrogens with zero attached hydrogens (tertiary/aromatic N) is 2. The Morgan fingerprint density at radius 2 is 1.97 bits per heavy atom. The number of carbonyl (C=O) groups excluding carboxylic acids is 1. The molecule has 0 bridgehead atoms. The molecule has 2 aromatic carbocycles. The lowest BCUT2D eigenvalue weighted by atomic mass is 9.90. The van der Waals surface area contributed by atoms with Crippen molar-refractivity contribution < 1.29 is 4.79 Å². The molecule has 0 saturated heterocycles. The quantitative estimate of drug-likeness (QED) is 0.642. The summed E-state index contributed by atoms with van der Waals surface area (Å²) in [6, 6.07) is 14.9. The van der Waals surface area contributed by atoms with Crippen LogP contribution in [0.15, 0.2) is 54.2 Å². The Bertz CT molecular complexity index is 1110. The van der Waals surface area contributed by atoms with Crippen LogP contribution in [0.5, 0.6) is 0 Å². The van der Waals surface area contributed by atoms with Gasteiger partial charge in [-0.1, -0.05) is 29.8 Å². The van der Waals surface area contributed by atoms with E-state index in [0.717, 1.165) is 42.3 Å². The molecule has 0 fully saturated rings. The van der Waals surface area contributed by atoms with Crippen LogP contribution in [0.25, 0.3) is 11.3 Å². The molecule has 6 nitrogen and oxygen atoms in total. The fourth-order valence-corrected chi connectivity index (χ4v) is 4.90. The van der Waals surface area contributed by atoms with Gasteiger partial charge < -0.3 is 15.6 Å². The molecular formula is C25H28ClN5O. The molecule has 1 unspecified atom stereocenters. The second-order valence-corrected chi connectivity index (χ2v) is 9.04. The van der Waals surface area contributed by atoms with Gasteiger partial charge in [0.1, 0.15) is 0 Å². The predicted octanol–water partition coefficient (Wildman–Crippen LogP) is 4.55. The van der Waals surface area contributed by atoms with Gasteiger partial charge in [-0.2, -0.15) is 0 Å². The Labute approximate surface area is 193 Å². The molecule has 5 rings (SSSR count).